The van der Waals surface area contributed by atoms with Crippen LogP contribution in [0, 0.1) is 0 Å². The van der Waals surface area contributed by atoms with Crippen molar-refractivity contribution in [1.29, 1.82) is 0 Å². The van der Waals surface area contributed by atoms with Crippen molar-refractivity contribution in [3.05, 3.63) is 0 Å². The topological polar surface area (TPSA) is 123 Å². The Morgan fingerprint density at radius 2 is 1.05 bits per heavy atom. The SMILES string of the molecule is CCCCCCCCCCCCCCCCCCCCCCCCCC(=O)C(C[N+](C)(C)C)OP(=O)(O)OC[C@@H](CO)OO. The highest BCUT2D eigenvalue weighted by Crippen LogP contribution is 2.45. The fourth-order valence-electron chi connectivity index (χ4n) is 5.42. The van der Waals surface area contributed by atoms with Gasteiger partial charge in [0.15, 0.2) is 11.9 Å². The maximum atomic E-state index is 12.8. The molecule has 0 fully saturated rings. The van der Waals surface area contributed by atoms with Gasteiger partial charge in [-0.25, -0.2) is 9.45 Å². The van der Waals surface area contributed by atoms with Crippen molar-refractivity contribution in [2.45, 2.75) is 173 Å². The minimum absolute atomic E-state index is 0.214. The number of nitrogens with zero attached hydrogens (tertiary/aromatic N) is 1. The molecule has 0 radical (unpaired) electrons. The first-order chi connectivity index (χ1) is 21.0. The lowest BCUT2D eigenvalue weighted by Gasteiger charge is -2.29. The Hall–Kier alpha value is -0.380. The van der Waals surface area contributed by atoms with Crippen LogP contribution in [0.1, 0.15) is 161 Å². The molecule has 0 aliphatic carbocycles. The molecule has 3 N–H and O–H groups in total. The minimum Gasteiger partial charge on any atom is -0.393 e. The van der Waals surface area contributed by atoms with E-state index in [-0.39, 0.29) is 18.7 Å². The maximum Gasteiger partial charge on any atom is 0.473 e. The van der Waals surface area contributed by atoms with Crippen molar-refractivity contribution in [2.75, 3.05) is 40.9 Å². The van der Waals surface area contributed by atoms with Crippen molar-refractivity contribution >= 4 is 13.6 Å². The second-order valence-electron chi connectivity index (χ2n) is 13.7. The number of hydrogen-bond acceptors (Lipinski definition) is 7. The highest BCUT2D eigenvalue weighted by Gasteiger charge is 2.35. The number of rotatable bonds is 34. The summed E-state index contributed by atoms with van der Waals surface area (Å²) >= 11 is 0. The van der Waals surface area contributed by atoms with Gasteiger partial charge in [-0.1, -0.05) is 148 Å². The standard InChI is InChI=1S/C34H70NO8P/c1-5-6-7-8-9-10-11-12-13-14-15-16-17-18-19-20-21-22-23-24-25-26-27-28-33(37)34(29-35(2,3)4)43-44(39,40)41-31-32(30-36)42-38/h32,34,36H,5-31H2,1-4H3,(H-,38,39,40)/p+1/t32-,34?/m1/s1. The molecule has 0 spiro atoms. The second kappa shape index (κ2) is 28.8. The fraction of sp³-hybridized carbons (Fsp3) is 0.971. The summed E-state index contributed by atoms with van der Waals surface area (Å²) in [4.78, 5) is 26.9. The van der Waals surface area contributed by atoms with Gasteiger partial charge in [-0.05, 0) is 6.42 Å². The molecule has 0 aromatic carbocycles. The molecular formula is C34H71NO8P+. The van der Waals surface area contributed by atoms with Gasteiger partial charge in [0.2, 0.25) is 0 Å². The van der Waals surface area contributed by atoms with Crippen LogP contribution in [-0.4, -0.2) is 78.6 Å². The molecule has 0 aromatic heterocycles. The molecule has 0 aromatic rings. The Kier molecular flexibility index (Phi) is 28.6. The van der Waals surface area contributed by atoms with Gasteiger partial charge >= 0.3 is 7.82 Å². The first-order valence-electron chi connectivity index (χ1n) is 17.9. The molecule has 2 unspecified atom stereocenters. The van der Waals surface area contributed by atoms with E-state index in [1.165, 1.54) is 128 Å². The predicted octanol–water partition coefficient (Wildman–Crippen LogP) is 9.00. The molecule has 0 rings (SSSR count). The number of phosphoric ester groups is 1. The lowest BCUT2D eigenvalue weighted by Crippen LogP contribution is -2.45. The zero-order chi connectivity index (χ0) is 32.9. The van der Waals surface area contributed by atoms with E-state index in [1.807, 2.05) is 21.1 Å². The molecule has 0 saturated heterocycles. The lowest BCUT2D eigenvalue weighted by atomic mass is 10.0. The van der Waals surface area contributed by atoms with E-state index >= 15 is 0 Å². The number of likely N-dealkylation sites (N-methyl/N-ethyl adjacent to an activating group) is 1. The van der Waals surface area contributed by atoms with Crippen LogP contribution in [0.25, 0.3) is 0 Å². The average molecular weight is 653 g/mol. The number of aliphatic hydroxyl groups excluding tert-OH is 1. The molecule has 9 nitrogen and oxygen atoms in total. The zero-order valence-electron chi connectivity index (χ0n) is 29.0. The van der Waals surface area contributed by atoms with Crippen LogP contribution in [0.15, 0.2) is 0 Å². The molecule has 44 heavy (non-hydrogen) atoms. The van der Waals surface area contributed by atoms with E-state index in [2.05, 4.69) is 11.8 Å². The van der Waals surface area contributed by atoms with E-state index in [4.69, 9.17) is 19.4 Å². The largest absolute Gasteiger partial charge is 0.473 e. The molecule has 10 heteroatoms. The zero-order valence-corrected chi connectivity index (χ0v) is 29.9. The van der Waals surface area contributed by atoms with Gasteiger partial charge in [0, 0.05) is 6.42 Å². The monoisotopic (exact) mass is 652 g/mol. The summed E-state index contributed by atoms with van der Waals surface area (Å²) in [5, 5.41) is 17.7. The van der Waals surface area contributed by atoms with Crippen molar-refractivity contribution in [3.63, 3.8) is 0 Å². The fourth-order valence-corrected chi connectivity index (χ4v) is 6.34. The van der Waals surface area contributed by atoms with Gasteiger partial charge in [0.05, 0.1) is 34.4 Å². The molecule has 0 amide bonds. The number of carbonyl (C=O) groups is 1. The van der Waals surface area contributed by atoms with Crippen LogP contribution in [0.3, 0.4) is 0 Å². The molecule has 264 valence electrons. The van der Waals surface area contributed by atoms with Crippen molar-refractivity contribution in [1.82, 2.24) is 0 Å². The van der Waals surface area contributed by atoms with Crippen LogP contribution in [0.4, 0.5) is 0 Å². The first-order valence-corrected chi connectivity index (χ1v) is 19.4. The van der Waals surface area contributed by atoms with E-state index < -0.39 is 33.2 Å². The van der Waals surface area contributed by atoms with Crippen molar-refractivity contribution in [2.24, 2.45) is 0 Å². The second-order valence-corrected chi connectivity index (χ2v) is 15.1. The molecule has 0 bridgehead atoms. The summed E-state index contributed by atoms with van der Waals surface area (Å²) in [6, 6.07) is 0. The van der Waals surface area contributed by atoms with Gasteiger partial charge in [-0.2, -0.15) is 0 Å². The highest BCUT2D eigenvalue weighted by molar-refractivity contribution is 7.47. The Morgan fingerprint density at radius 3 is 1.36 bits per heavy atom. The normalized spacial score (nSPS) is 14.9. The smallest absolute Gasteiger partial charge is 0.393 e. The van der Waals surface area contributed by atoms with Crippen LogP contribution >= 0.6 is 7.82 Å². The molecule has 0 saturated carbocycles. The van der Waals surface area contributed by atoms with Crippen molar-refractivity contribution < 1.29 is 43.0 Å². The molecular weight excluding hydrogens is 581 g/mol. The minimum atomic E-state index is -4.58. The average Bonchev–Trinajstić information content (AvgIpc) is 2.96. The Balaban J connectivity index is 3.78. The van der Waals surface area contributed by atoms with E-state index in [9.17, 15) is 14.3 Å². The van der Waals surface area contributed by atoms with Crippen LogP contribution in [-0.2, 0) is 23.3 Å². The van der Waals surface area contributed by atoms with E-state index in [0.29, 0.717) is 4.48 Å². The number of aliphatic hydroxyl groups is 1. The summed E-state index contributed by atoms with van der Waals surface area (Å²) in [5.41, 5.74) is 0. The molecule has 0 heterocycles. The summed E-state index contributed by atoms with van der Waals surface area (Å²) in [7, 11) is 1.02. The number of quaternary nitrogens is 1. The van der Waals surface area contributed by atoms with Gasteiger partial charge in [-0.3, -0.25) is 19.1 Å². The summed E-state index contributed by atoms with van der Waals surface area (Å²) < 4.78 is 22.8. The number of ketones is 1. The quantitative estimate of drug-likeness (QED) is 0.0207. The number of phosphoric acid groups is 1. The third-order valence-electron chi connectivity index (χ3n) is 8.14. The van der Waals surface area contributed by atoms with Gasteiger partial charge in [0.25, 0.3) is 0 Å². The van der Waals surface area contributed by atoms with Gasteiger partial charge in [-0.15, -0.1) is 0 Å². The predicted molar refractivity (Wildman–Crippen MR) is 180 cm³/mol. The van der Waals surface area contributed by atoms with Crippen LogP contribution < -0.4 is 0 Å². The van der Waals surface area contributed by atoms with Gasteiger partial charge in [0.1, 0.15) is 12.6 Å². The summed E-state index contributed by atoms with van der Waals surface area (Å²) in [5.74, 6) is -0.225. The maximum absolute atomic E-state index is 12.8. The Bertz CT molecular complexity index is 699. The molecule has 0 aliphatic heterocycles. The number of Topliss-reactive ketones (excluding diaryl/α,β-unsaturated/α-hetero) is 1. The van der Waals surface area contributed by atoms with Gasteiger partial charge < -0.3 is 14.5 Å². The third kappa shape index (κ3) is 29.1. The van der Waals surface area contributed by atoms with Crippen LogP contribution in [0.2, 0.25) is 0 Å². The molecule has 3 atom stereocenters. The third-order valence-corrected chi connectivity index (χ3v) is 9.13. The van der Waals surface area contributed by atoms with E-state index in [0.717, 1.165) is 19.3 Å². The first kappa shape index (κ1) is 43.6. The van der Waals surface area contributed by atoms with Crippen LogP contribution in [0.5, 0.6) is 0 Å². The number of hydrogen-bond donors (Lipinski definition) is 3. The number of carbonyl (C=O) groups excluding carboxylic acids is 1. The Labute approximate surface area is 270 Å². The summed E-state index contributed by atoms with van der Waals surface area (Å²) in [6.45, 7) is 1.34. The lowest BCUT2D eigenvalue weighted by molar-refractivity contribution is -0.872. The summed E-state index contributed by atoms with van der Waals surface area (Å²) in [6.07, 6.45) is 28.2. The highest BCUT2D eigenvalue weighted by atomic mass is 31.2. The molecule has 0 aliphatic rings. The van der Waals surface area contributed by atoms with E-state index in [1.54, 1.807) is 0 Å². The number of unbranched alkanes of at least 4 members (excludes halogenated alkanes) is 22. The Morgan fingerprint density at radius 1 is 0.682 bits per heavy atom. The van der Waals surface area contributed by atoms with Crippen molar-refractivity contribution in [3.8, 4) is 0 Å².